The molecule has 0 radical (unpaired) electrons. The Morgan fingerprint density at radius 2 is 0.294 bits per heavy atom. The van der Waals surface area contributed by atoms with Crippen molar-refractivity contribution in [1.29, 1.82) is 0 Å². The van der Waals surface area contributed by atoms with E-state index in [4.69, 9.17) is 90.0 Å². The van der Waals surface area contributed by atoms with E-state index < -0.39 is 99.3 Å². The van der Waals surface area contributed by atoms with Gasteiger partial charge in [-0.15, -0.1) is 0 Å². The molecular formula is C86H152O34S16. The highest BCUT2D eigenvalue weighted by molar-refractivity contribution is 7.82. The molecule has 0 atom stereocenters. The molecule has 0 spiro atoms. The Hall–Kier alpha value is -2.51. The van der Waals surface area contributed by atoms with Crippen LogP contribution in [0.15, 0.2) is 0 Å². The van der Waals surface area contributed by atoms with Crippen molar-refractivity contribution >= 4 is 292 Å². The van der Waals surface area contributed by atoms with Crippen molar-refractivity contribution in [2.75, 3.05) is 244 Å². The normalized spacial score (nSPS) is 11.0. The first-order chi connectivity index (χ1) is 65.3. The van der Waals surface area contributed by atoms with E-state index in [0.29, 0.717) is 87.7 Å². The quantitative estimate of drug-likeness (QED) is 0.0116. The predicted molar refractivity (Wildman–Crippen MR) is 570 cm³/mol. The van der Waals surface area contributed by atoms with Crippen LogP contribution in [0.2, 0.25) is 0 Å². The molecule has 796 valence electrons. The number of rotatable bonds is 83. The molecule has 0 aromatic rings. The molecule has 50 heteroatoms. The number of hydrogen-bond donors (Lipinski definition) is 16. The van der Waals surface area contributed by atoms with Gasteiger partial charge in [-0.25, -0.2) is 0 Å². The lowest BCUT2D eigenvalue weighted by atomic mass is 9.88. The highest BCUT2D eigenvalue weighted by atomic mass is 32.1. The third-order valence-electron chi connectivity index (χ3n) is 17.6. The number of carbonyl (C=O) groups excluding carboxylic acids is 15. The Kier molecular flexibility index (Phi) is 106. The smallest absolute Gasteiger partial charge is 0.306 e. The van der Waals surface area contributed by atoms with E-state index in [1.165, 1.54) is 64.2 Å². The standard InChI is InChI=1S/C28H46O13S6.C17H28O8S4.C15H26O6S3.C14H26O7S2.C12H26S/c29-21(1-7-42)36-15-27(16-37-22(30)2-8-43,17-38-23(31)3-9-44)13-35-14-28(18-39-24(32)4-10-45,19-40-25(33)5-11-46)20-41-26(34)6-12-47;18-13(1-5-26)22-9-17(10-23-14(19)2-6-27,11-24-15(20)3-7-28)12-25-16(21)4-8-29;1-2-15(9-19-12(16)3-6-22,10-20-13(17)4-7-23)11-21-14(18)5-8-24;15-13(1-11-22)20-9-7-18-5-3-17-4-6-19-8-10-21-14(16)2-12-23;1-2-3-4-5-6-7-8-9-10-11-12-13/h42-47H,1-20H2;26-29H,1-12H2;22-24H,2-11H2,1H3;22-23H,1-12H2;13H,2-12H2,1H3. The molecular weight excluding hydrogens is 2090 g/mol. The second-order valence-corrected chi connectivity index (χ2v) is 36.9. The fraction of sp³-hybridized carbons (Fsp3) is 0.826. The van der Waals surface area contributed by atoms with Crippen LogP contribution in [-0.4, -0.2) is 334 Å². The lowest BCUT2D eigenvalue weighted by Crippen LogP contribution is -2.47. The molecule has 0 saturated heterocycles. The lowest BCUT2D eigenvalue weighted by molar-refractivity contribution is -0.177. The minimum atomic E-state index is -1.41. The van der Waals surface area contributed by atoms with Gasteiger partial charge in [0.25, 0.3) is 0 Å². The van der Waals surface area contributed by atoms with Crippen LogP contribution in [0, 0.1) is 21.7 Å². The maximum Gasteiger partial charge on any atom is 0.306 e. The minimum absolute atomic E-state index is 0.00157. The first-order valence-electron chi connectivity index (χ1n) is 44.7. The van der Waals surface area contributed by atoms with Crippen molar-refractivity contribution in [3.8, 4) is 0 Å². The fourth-order valence-corrected chi connectivity index (χ4v) is 12.7. The van der Waals surface area contributed by atoms with Crippen LogP contribution < -0.4 is 0 Å². The Labute approximate surface area is 892 Å². The highest BCUT2D eigenvalue weighted by Gasteiger charge is 2.42. The molecule has 136 heavy (non-hydrogen) atoms. The van der Waals surface area contributed by atoms with Crippen molar-refractivity contribution < 1.29 is 162 Å². The van der Waals surface area contributed by atoms with Gasteiger partial charge in [0.05, 0.1) is 165 Å². The highest BCUT2D eigenvalue weighted by Crippen LogP contribution is 2.29. The third-order valence-corrected chi connectivity index (χ3v) is 21.2. The monoisotopic (exact) mass is 2240 g/mol. The first kappa shape index (κ1) is 142. The van der Waals surface area contributed by atoms with Crippen LogP contribution in [0.3, 0.4) is 0 Å². The van der Waals surface area contributed by atoms with Crippen LogP contribution in [-0.2, 0) is 162 Å². The molecule has 0 heterocycles. The van der Waals surface area contributed by atoms with Crippen LogP contribution in [0.1, 0.15) is 181 Å². The number of hydrogen-bond acceptors (Lipinski definition) is 50. The molecule has 0 N–H and O–H groups in total. The van der Waals surface area contributed by atoms with E-state index >= 15 is 0 Å². The Morgan fingerprint density at radius 3 is 0.449 bits per heavy atom. The average molecular weight is 2240 g/mol. The summed E-state index contributed by atoms with van der Waals surface area (Å²) in [6.07, 6.45) is 16.0. The van der Waals surface area contributed by atoms with Crippen LogP contribution in [0.25, 0.3) is 0 Å². The molecule has 0 aliphatic carbocycles. The third kappa shape index (κ3) is 90.3. The summed E-state index contributed by atoms with van der Waals surface area (Å²) in [5.74, 6) is -1.91. The van der Waals surface area contributed by atoms with Crippen LogP contribution in [0.5, 0.6) is 0 Å². The summed E-state index contributed by atoms with van der Waals surface area (Å²) < 4.78 is 101. The fourth-order valence-electron chi connectivity index (χ4n) is 9.72. The number of thiol groups is 16. The van der Waals surface area contributed by atoms with Gasteiger partial charge in [-0.3, -0.25) is 71.9 Å². The zero-order valence-corrected chi connectivity index (χ0v) is 92.8. The summed E-state index contributed by atoms with van der Waals surface area (Å²) in [6.45, 7) is 2.85. The molecule has 0 saturated carbocycles. The Balaban J connectivity index is -0.000000557. The Bertz CT molecular complexity index is 2760. The van der Waals surface area contributed by atoms with Gasteiger partial charge >= 0.3 is 89.5 Å². The summed E-state index contributed by atoms with van der Waals surface area (Å²) in [5.41, 5.74) is -4.85. The minimum Gasteiger partial charge on any atom is -0.465 e. The summed E-state index contributed by atoms with van der Waals surface area (Å²) >= 11 is 64.1. The van der Waals surface area contributed by atoms with E-state index in [1.807, 2.05) is 6.92 Å². The van der Waals surface area contributed by atoms with Crippen molar-refractivity contribution in [2.24, 2.45) is 21.7 Å². The van der Waals surface area contributed by atoms with Gasteiger partial charge in [-0.05, 0) is 18.6 Å². The number of esters is 15. The maximum absolute atomic E-state index is 12.3. The average Bonchev–Trinajstić information content (AvgIpc) is 0.839. The van der Waals surface area contributed by atoms with Gasteiger partial charge in [0, 0.05) is 86.3 Å². The second kappa shape index (κ2) is 101. The summed E-state index contributed by atoms with van der Waals surface area (Å²) in [5, 5.41) is 0. The van der Waals surface area contributed by atoms with Gasteiger partial charge in [-0.1, -0.05) is 71.6 Å². The van der Waals surface area contributed by atoms with Gasteiger partial charge in [-0.2, -0.15) is 202 Å². The maximum atomic E-state index is 12.3. The molecule has 0 aromatic heterocycles. The van der Waals surface area contributed by atoms with Crippen molar-refractivity contribution in [2.45, 2.75) is 181 Å². The molecule has 0 aliphatic heterocycles. The van der Waals surface area contributed by atoms with Gasteiger partial charge < -0.3 is 90.0 Å². The second-order valence-electron chi connectivity index (χ2n) is 29.7. The largest absolute Gasteiger partial charge is 0.465 e. The van der Waals surface area contributed by atoms with Gasteiger partial charge in [0.2, 0.25) is 0 Å². The molecule has 0 bridgehead atoms. The van der Waals surface area contributed by atoms with Crippen molar-refractivity contribution in [1.82, 2.24) is 0 Å². The van der Waals surface area contributed by atoms with Gasteiger partial charge in [0.15, 0.2) is 0 Å². The SMILES string of the molecule is CCC(COC(=O)CCS)(COC(=O)CCS)COC(=O)CCS.CCCCCCCCCCCCS.O=C(CCS)OCC(COC(=O)CCS)(COC(=O)CCS)COC(=O)CCS.O=C(CCS)OCC(COCC(COC(=O)CCS)(COC(=O)CCS)COC(=O)CCS)(COC(=O)CCS)COC(=O)CCS.O=C(CCS)OCCOCCOCCOCCOC(=O)CCS. The van der Waals surface area contributed by atoms with Crippen LogP contribution in [0.4, 0.5) is 0 Å². The molecule has 34 nitrogen and oxygen atoms in total. The summed E-state index contributed by atoms with van der Waals surface area (Å²) in [7, 11) is 0. The molecule has 0 amide bonds. The van der Waals surface area contributed by atoms with Gasteiger partial charge in [0.1, 0.15) is 105 Å². The molecule has 0 fully saturated rings. The zero-order chi connectivity index (χ0) is 103. The number of ether oxygens (including phenoxy) is 19. The van der Waals surface area contributed by atoms with E-state index in [0.717, 1.165) is 5.75 Å². The topological polar surface area (TPSA) is 431 Å². The number of carbonyl (C=O) groups is 15. The van der Waals surface area contributed by atoms with Crippen LogP contribution >= 0.6 is 202 Å². The van der Waals surface area contributed by atoms with Crippen molar-refractivity contribution in [3.05, 3.63) is 0 Å². The molecule has 0 aromatic carbocycles. The number of unbranched alkanes of at least 4 members (excludes halogenated alkanes) is 9. The Morgan fingerprint density at radius 1 is 0.154 bits per heavy atom. The van der Waals surface area contributed by atoms with E-state index in [2.05, 4.69) is 209 Å². The summed E-state index contributed by atoms with van der Waals surface area (Å²) in [4.78, 5) is 178. The summed E-state index contributed by atoms with van der Waals surface area (Å²) in [6, 6.07) is 0. The van der Waals surface area contributed by atoms with E-state index in [1.54, 1.807) is 0 Å². The molecule has 0 unspecified atom stereocenters. The van der Waals surface area contributed by atoms with E-state index in [-0.39, 0.29) is 265 Å². The zero-order valence-electron chi connectivity index (χ0n) is 78.5. The van der Waals surface area contributed by atoms with E-state index in [9.17, 15) is 71.9 Å². The molecule has 0 rings (SSSR count). The predicted octanol–water partition coefficient (Wildman–Crippen LogP) is 11.2. The first-order valence-corrected chi connectivity index (χ1v) is 54.8. The lowest BCUT2D eigenvalue weighted by Gasteiger charge is -2.35. The molecule has 0 aliphatic rings. The van der Waals surface area contributed by atoms with Crippen molar-refractivity contribution in [3.63, 3.8) is 0 Å².